The van der Waals surface area contributed by atoms with Crippen LogP contribution in [-0.2, 0) is 4.79 Å². The van der Waals surface area contributed by atoms with Gasteiger partial charge >= 0.3 is 0 Å². The Balaban J connectivity index is 1.59. The number of para-hydroxylation sites is 1. The second-order valence-corrected chi connectivity index (χ2v) is 7.59. The zero-order valence-electron chi connectivity index (χ0n) is 14.1. The first-order valence-corrected chi connectivity index (χ1v) is 9.40. The summed E-state index contributed by atoms with van der Waals surface area (Å²) in [5.74, 6) is 0.150. The Morgan fingerprint density at radius 1 is 1.08 bits per heavy atom. The second kappa shape index (κ2) is 6.81. The summed E-state index contributed by atoms with van der Waals surface area (Å²) in [4.78, 5) is 17.7. The Kier molecular flexibility index (Phi) is 4.36. The molecular formula is C21H20N2OS. The third kappa shape index (κ3) is 3.35. The molecule has 3 nitrogen and oxygen atoms in total. The predicted molar refractivity (Wildman–Crippen MR) is 104 cm³/mol. The molecule has 1 heterocycles. The van der Waals surface area contributed by atoms with E-state index in [4.69, 9.17) is 4.98 Å². The first-order chi connectivity index (χ1) is 12.2. The van der Waals surface area contributed by atoms with E-state index < -0.39 is 0 Å². The highest BCUT2D eigenvalue weighted by molar-refractivity contribution is 7.18. The molecule has 126 valence electrons. The van der Waals surface area contributed by atoms with Crippen molar-refractivity contribution in [3.63, 3.8) is 0 Å². The summed E-state index contributed by atoms with van der Waals surface area (Å²) in [5.41, 5.74) is 3.06. The fourth-order valence-electron chi connectivity index (χ4n) is 3.30. The van der Waals surface area contributed by atoms with Crippen LogP contribution in [0.1, 0.15) is 29.3 Å². The SMILES string of the molecule is Cc1ccc(NC(=O)[C@@H]2CC=CC[C@H]2c2nc3ccccc3s2)cc1. The average Bonchev–Trinajstić information content (AvgIpc) is 3.07. The molecule has 4 heteroatoms. The summed E-state index contributed by atoms with van der Waals surface area (Å²) in [6.45, 7) is 2.04. The van der Waals surface area contributed by atoms with E-state index in [2.05, 4.69) is 23.5 Å². The summed E-state index contributed by atoms with van der Waals surface area (Å²) in [5, 5.41) is 4.14. The van der Waals surface area contributed by atoms with Gasteiger partial charge in [-0.1, -0.05) is 42.0 Å². The molecule has 3 aromatic rings. The van der Waals surface area contributed by atoms with Crippen LogP contribution in [0.2, 0.25) is 0 Å². The number of amides is 1. The van der Waals surface area contributed by atoms with Gasteiger partial charge in [0.25, 0.3) is 0 Å². The lowest BCUT2D eigenvalue weighted by Crippen LogP contribution is -2.29. The number of allylic oxidation sites excluding steroid dienone is 2. The molecule has 0 bridgehead atoms. The molecule has 0 radical (unpaired) electrons. The van der Waals surface area contributed by atoms with Gasteiger partial charge in [-0.25, -0.2) is 4.98 Å². The quantitative estimate of drug-likeness (QED) is 0.653. The van der Waals surface area contributed by atoms with Gasteiger partial charge in [-0.15, -0.1) is 11.3 Å². The lowest BCUT2D eigenvalue weighted by Gasteiger charge is -2.26. The molecular weight excluding hydrogens is 328 g/mol. The number of nitrogens with one attached hydrogen (secondary N) is 1. The Bertz CT molecular complexity index is 893. The summed E-state index contributed by atoms with van der Waals surface area (Å²) >= 11 is 1.71. The number of nitrogens with zero attached hydrogens (tertiary/aromatic N) is 1. The summed E-state index contributed by atoms with van der Waals surface area (Å²) < 4.78 is 1.18. The van der Waals surface area contributed by atoms with Gasteiger partial charge in [-0.05, 0) is 44.0 Å². The molecule has 1 N–H and O–H groups in total. The first-order valence-electron chi connectivity index (χ1n) is 8.59. The number of aromatic nitrogens is 1. The van der Waals surface area contributed by atoms with Crippen LogP contribution in [-0.4, -0.2) is 10.9 Å². The van der Waals surface area contributed by atoms with Gasteiger partial charge < -0.3 is 5.32 Å². The molecule has 0 saturated carbocycles. The Labute approximate surface area is 151 Å². The average molecular weight is 348 g/mol. The van der Waals surface area contributed by atoms with Crippen molar-refractivity contribution in [3.05, 3.63) is 71.3 Å². The van der Waals surface area contributed by atoms with E-state index in [-0.39, 0.29) is 17.7 Å². The molecule has 2 atom stereocenters. The maximum absolute atomic E-state index is 12.9. The first kappa shape index (κ1) is 16.0. The second-order valence-electron chi connectivity index (χ2n) is 6.53. The monoisotopic (exact) mass is 348 g/mol. The molecule has 25 heavy (non-hydrogen) atoms. The molecule has 1 aliphatic rings. The summed E-state index contributed by atoms with van der Waals surface area (Å²) in [7, 11) is 0. The van der Waals surface area contributed by atoms with Crippen molar-refractivity contribution < 1.29 is 4.79 Å². The third-order valence-corrected chi connectivity index (χ3v) is 5.88. The van der Waals surface area contributed by atoms with Crippen molar-refractivity contribution >= 4 is 33.1 Å². The number of carbonyl (C=O) groups excluding carboxylic acids is 1. The number of hydrogen-bond acceptors (Lipinski definition) is 3. The van der Waals surface area contributed by atoms with E-state index in [1.165, 1.54) is 10.3 Å². The standard InChI is InChI=1S/C21H20N2OS/c1-14-10-12-15(13-11-14)22-20(24)16-6-2-3-7-17(16)21-23-18-8-4-5-9-19(18)25-21/h2-5,8-13,16-17H,6-7H2,1H3,(H,22,24)/t16-,17-/m1/s1. The molecule has 4 rings (SSSR count). The van der Waals surface area contributed by atoms with Crippen LogP contribution in [0.3, 0.4) is 0 Å². The highest BCUT2D eigenvalue weighted by Gasteiger charge is 2.32. The van der Waals surface area contributed by atoms with Gasteiger partial charge in [-0.3, -0.25) is 4.79 Å². The van der Waals surface area contributed by atoms with E-state index in [0.29, 0.717) is 0 Å². The molecule has 0 aliphatic heterocycles. The van der Waals surface area contributed by atoms with Crippen molar-refractivity contribution in [2.75, 3.05) is 5.32 Å². The number of anilines is 1. The molecule has 1 aliphatic carbocycles. The van der Waals surface area contributed by atoms with Gasteiger partial charge in [0.1, 0.15) is 0 Å². The predicted octanol–water partition coefficient (Wildman–Crippen LogP) is 5.29. The minimum atomic E-state index is -0.0770. The molecule has 1 amide bonds. The van der Waals surface area contributed by atoms with Gasteiger partial charge in [0.15, 0.2) is 0 Å². The lowest BCUT2D eigenvalue weighted by atomic mass is 9.82. The normalized spacial score (nSPS) is 19.9. The van der Waals surface area contributed by atoms with E-state index >= 15 is 0 Å². The highest BCUT2D eigenvalue weighted by atomic mass is 32.1. The van der Waals surface area contributed by atoms with Crippen LogP contribution in [0.4, 0.5) is 5.69 Å². The molecule has 0 fully saturated rings. The lowest BCUT2D eigenvalue weighted by molar-refractivity contribution is -0.120. The molecule has 0 saturated heterocycles. The number of rotatable bonds is 3. The topological polar surface area (TPSA) is 42.0 Å². The molecule has 2 aromatic carbocycles. The van der Waals surface area contributed by atoms with E-state index in [1.54, 1.807) is 11.3 Å². The smallest absolute Gasteiger partial charge is 0.228 e. The molecule has 1 aromatic heterocycles. The summed E-state index contributed by atoms with van der Waals surface area (Å²) in [6.07, 6.45) is 5.92. The van der Waals surface area contributed by atoms with Crippen molar-refractivity contribution in [2.45, 2.75) is 25.7 Å². The number of thiazole rings is 1. The van der Waals surface area contributed by atoms with E-state index in [1.807, 2.05) is 49.4 Å². The summed E-state index contributed by atoms with van der Waals surface area (Å²) in [6, 6.07) is 16.1. The van der Waals surface area contributed by atoms with Crippen molar-refractivity contribution in [1.82, 2.24) is 4.98 Å². The van der Waals surface area contributed by atoms with Crippen molar-refractivity contribution in [2.24, 2.45) is 5.92 Å². The van der Waals surface area contributed by atoms with E-state index in [0.717, 1.165) is 29.1 Å². The van der Waals surface area contributed by atoms with Crippen molar-refractivity contribution in [1.29, 1.82) is 0 Å². The number of fused-ring (bicyclic) bond motifs is 1. The van der Waals surface area contributed by atoms with E-state index in [9.17, 15) is 4.79 Å². The van der Waals surface area contributed by atoms with Crippen LogP contribution in [0, 0.1) is 12.8 Å². The minimum absolute atomic E-state index is 0.0770. The number of benzene rings is 2. The number of carbonyl (C=O) groups is 1. The highest BCUT2D eigenvalue weighted by Crippen LogP contribution is 2.39. The number of aryl methyl sites for hydroxylation is 1. The van der Waals surface area contributed by atoms with Gasteiger partial charge in [0.2, 0.25) is 5.91 Å². The zero-order valence-corrected chi connectivity index (χ0v) is 14.9. The van der Waals surface area contributed by atoms with Gasteiger partial charge in [0, 0.05) is 11.6 Å². The Morgan fingerprint density at radius 2 is 1.84 bits per heavy atom. The largest absolute Gasteiger partial charge is 0.326 e. The molecule has 0 spiro atoms. The maximum atomic E-state index is 12.9. The maximum Gasteiger partial charge on any atom is 0.228 e. The molecule has 0 unspecified atom stereocenters. The fourth-order valence-corrected chi connectivity index (χ4v) is 4.44. The van der Waals surface area contributed by atoms with Crippen LogP contribution < -0.4 is 5.32 Å². The van der Waals surface area contributed by atoms with Gasteiger partial charge in [0.05, 0.1) is 21.1 Å². The van der Waals surface area contributed by atoms with Crippen LogP contribution in [0.15, 0.2) is 60.7 Å². The van der Waals surface area contributed by atoms with Crippen molar-refractivity contribution in [3.8, 4) is 0 Å². The van der Waals surface area contributed by atoms with Crippen LogP contribution >= 0.6 is 11.3 Å². The van der Waals surface area contributed by atoms with Gasteiger partial charge in [-0.2, -0.15) is 0 Å². The zero-order chi connectivity index (χ0) is 17.2. The third-order valence-electron chi connectivity index (χ3n) is 4.72. The fraction of sp³-hybridized carbons (Fsp3) is 0.238. The Morgan fingerprint density at radius 3 is 2.64 bits per heavy atom. The Hall–Kier alpha value is -2.46. The van der Waals surface area contributed by atoms with Crippen LogP contribution in [0.25, 0.3) is 10.2 Å². The van der Waals surface area contributed by atoms with Crippen LogP contribution in [0.5, 0.6) is 0 Å². The number of hydrogen-bond donors (Lipinski definition) is 1. The minimum Gasteiger partial charge on any atom is -0.326 e.